The van der Waals surface area contributed by atoms with E-state index in [1.807, 2.05) is 24.3 Å². The molecule has 1 aromatic carbocycles. The average molecular weight is 343 g/mol. The van der Waals surface area contributed by atoms with Crippen molar-refractivity contribution in [2.45, 2.75) is 39.2 Å². The standard InChI is InChI=1S/C20H29N3O2/c1-15-12-18(13-15)20(25)22-14-16-4-6-17(7-5-16)19(24)21-8-11-23-9-2-3-10-23/h4-7,15,18H,2-3,8-14H2,1H3,(H,21,24)(H,22,25). The Morgan fingerprint density at radius 1 is 1.08 bits per heavy atom. The van der Waals surface area contributed by atoms with Gasteiger partial charge in [0.1, 0.15) is 0 Å². The summed E-state index contributed by atoms with van der Waals surface area (Å²) in [6.45, 7) is 6.62. The van der Waals surface area contributed by atoms with Crippen LogP contribution in [0.5, 0.6) is 0 Å². The van der Waals surface area contributed by atoms with Crippen LogP contribution in [0.4, 0.5) is 0 Å². The second-order valence-electron chi connectivity index (χ2n) is 7.49. The Hall–Kier alpha value is -1.88. The molecule has 1 aromatic rings. The summed E-state index contributed by atoms with van der Waals surface area (Å²) in [7, 11) is 0. The van der Waals surface area contributed by atoms with Crippen molar-refractivity contribution < 1.29 is 9.59 Å². The molecule has 2 N–H and O–H groups in total. The Morgan fingerprint density at radius 2 is 1.76 bits per heavy atom. The molecule has 1 saturated heterocycles. The van der Waals surface area contributed by atoms with Gasteiger partial charge >= 0.3 is 0 Å². The first-order valence-electron chi connectivity index (χ1n) is 9.49. The SMILES string of the molecule is CC1CC(C(=O)NCc2ccc(C(=O)NCCN3CCCC3)cc2)C1. The summed E-state index contributed by atoms with van der Waals surface area (Å²) in [5.41, 5.74) is 1.69. The van der Waals surface area contributed by atoms with E-state index in [-0.39, 0.29) is 17.7 Å². The van der Waals surface area contributed by atoms with Gasteiger partial charge in [-0.05, 0) is 62.4 Å². The highest BCUT2D eigenvalue weighted by Crippen LogP contribution is 2.32. The molecule has 0 unspecified atom stereocenters. The number of rotatable bonds is 7. The third-order valence-electron chi connectivity index (χ3n) is 5.34. The lowest BCUT2D eigenvalue weighted by atomic mass is 9.75. The predicted octanol–water partition coefficient (Wildman–Crippen LogP) is 2.17. The van der Waals surface area contributed by atoms with Crippen molar-refractivity contribution >= 4 is 11.8 Å². The second kappa shape index (κ2) is 8.48. The molecule has 3 rings (SSSR count). The lowest BCUT2D eigenvalue weighted by Gasteiger charge is -2.31. The molecule has 1 heterocycles. The highest BCUT2D eigenvalue weighted by Gasteiger charge is 2.31. The van der Waals surface area contributed by atoms with Gasteiger partial charge in [0.25, 0.3) is 5.91 Å². The first-order chi connectivity index (χ1) is 12.1. The summed E-state index contributed by atoms with van der Waals surface area (Å²) in [5.74, 6) is 0.995. The Morgan fingerprint density at radius 3 is 2.40 bits per heavy atom. The van der Waals surface area contributed by atoms with E-state index >= 15 is 0 Å². The molecule has 136 valence electrons. The van der Waals surface area contributed by atoms with Crippen LogP contribution in [0.1, 0.15) is 48.5 Å². The minimum Gasteiger partial charge on any atom is -0.352 e. The number of carbonyl (C=O) groups is 2. The largest absolute Gasteiger partial charge is 0.352 e. The normalized spacial score (nSPS) is 23.1. The van der Waals surface area contributed by atoms with Crippen LogP contribution in [0.3, 0.4) is 0 Å². The topological polar surface area (TPSA) is 61.4 Å². The molecule has 2 fully saturated rings. The summed E-state index contributed by atoms with van der Waals surface area (Å²) in [6.07, 6.45) is 4.54. The van der Waals surface area contributed by atoms with E-state index < -0.39 is 0 Å². The van der Waals surface area contributed by atoms with Crippen LogP contribution in [-0.4, -0.2) is 42.9 Å². The number of nitrogens with zero attached hydrogens (tertiary/aromatic N) is 1. The van der Waals surface area contributed by atoms with Crippen LogP contribution in [0.2, 0.25) is 0 Å². The number of nitrogens with one attached hydrogen (secondary N) is 2. The highest BCUT2D eigenvalue weighted by molar-refractivity contribution is 5.94. The smallest absolute Gasteiger partial charge is 0.251 e. The van der Waals surface area contributed by atoms with Gasteiger partial charge in [-0.15, -0.1) is 0 Å². The van der Waals surface area contributed by atoms with Gasteiger partial charge in [0, 0.05) is 31.1 Å². The van der Waals surface area contributed by atoms with Crippen molar-refractivity contribution in [2.24, 2.45) is 11.8 Å². The van der Waals surface area contributed by atoms with Gasteiger partial charge in [0.15, 0.2) is 0 Å². The van der Waals surface area contributed by atoms with Gasteiger partial charge in [0.2, 0.25) is 5.91 Å². The van der Waals surface area contributed by atoms with Crippen LogP contribution in [0.25, 0.3) is 0 Å². The van der Waals surface area contributed by atoms with Crippen LogP contribution in [-0.2, 0) is 11.3 Å². The Balaban J connectivity index is 1.38. The maximum Gasteiger partial charge on any atom is 0.251 e. The molecule has 0 bridgehead atoms. The Kier molecular flexibility index (Phi) is 6.08. The Labute approximate surface area is 150 Å². The molecule has 2 amide bonds. The van der Waals surface area contributed by atoms with Gasteiger partial charge in [-0.25, -0.2) is 0 Å². The molecule has 25 heavy (non-hydrogen) atoms. The van der Waals surface area contributed by atoms with E-state index in [9.17, 15) is 9.59 Å². The zero-order chi connectivity index (χ0) is 17.6. The van der Waals surface area contributed by atoms with Gasteiger partial charge in [-0.2, -0.15) is 0 Å². The molecule has 1 aliphatic heterocycles. The minimum absolute atomic E-state index is 0.0294. The minimum atomic E-state index is -0.0294. The van der Waals surface area contributed by atoms with E-state index in [2.05, 4.69) is 22.5 Å². The van der Waals surface area contributed by atoms with Crippen molar-refractivity contribution in [3.63, 3.8) is 0 Å². The number of benzene rings is 1. The molecule has 0 aromatic heterocycles. The molecule has 2 aliphatic rings. The summed E-state index contributed by atoms with van der Waals surface area (Å²) >= 11 is 0. The maximum atomic E-state index is 12.2. The van der Waals surface area contributed by atoms with Crippen molar-refractivity contribution in [2.75, 3.05) is 26.2 Å². The van der Waals surface area contributed by atoms with Gasteiger partial charge in [-0.1, -0.05) is 19.1 Å². The van der Waals surface area contributed by atoms with Crippen LogP contribution < -0.4 is 10.6 Å². The molecule has 0 radical (unpaired) electrons. The average Bonchev–Trinajstić information content (AvgIpc) is 3.10. The number of hydrogen-bond acceptors (Lipinski definition) is 3. The molecular formula is C20H29N3O2. The summed E-state index contributed by atoms with van der Waals surface area (Å²) < 4.78 is 0. The van der Waals surface area contributed by atoms with E-state index in [1.165, 1.54) is 12.8 Å². The van der Waals surface area contributed by atoms with E-state index in [0.29, 0.717) is 24.6 Å². The summed E-state index contributed by atoms with van der Waals surface area (Å²) in [5, 5.41) is 5.97. The third kappa shape index (κ3) is 5.05. The van der Waals surface area contributed by atoms with Crippen molar-refractivity contribution in [1.29, 1.82) is 0 Å². The number of carbonyl (C=O) groups excluding carboxylic acids is 2. The quantitative estimate of drug-likeness (QED) is 0.798. The number of likely N-dealkylation sites (tertiary alicyclic amines) is 1. The van der Waals surface area contributed by atoms with Crippen molar-refractivity contribution in [3.8, 4) is 0 Å². The summed E-state index contributed by atoms with van der Waals surface area (Å²) in [6, 6.07) is 7.49. The lowest BCUT2D eigenvalue weighted by molar-refractivity contribution is -0.129. The highest BCUT2D eigenvalue weighted by atomic mass is 16.2. The monoisotopic (exact) mass is 343 g/mol. The zero-order valence-corrected chi connectivity index (χ0v) is 15.1. The number of amides is 2. The first-order valence-corrected chi connectivity index (χ1v) is 9.49. The van der Waals surface area contributed by atoms with Crippen LogP contribution in [0.15, 0.2) is 24.3 Å². The molecule has 1 saturated carbocycles. The van der Waals surface area contributed by atoms with Gasteiger partial charge in [-0.3, -0.25) is 9.59 Å². The van der Waals surface area contributed by atoms with Gasteiger partial charge in [0.05, 0.1) is 0 Å². The molecule has 5 heteroatoms. The van der Waals surface area contributed by atoms with Crippen molar-refractivity contribution in [3.05, 3.63) is 35.4 Å². The fourth-order valence-corrected chi connectivity index (χ4v) is 3.66. The van der Waals surface area contributed by atoms with E-state index in [4.69, 9.17) is 0 Å². The molecule has 0 atom stereocenters. The lowest BCUT2D eigenvalue weighted by Crippen LogP contribution is -2.37. The third-order valence-corrected chi connectivity index (χ3v) is 5.34. The fourth-order valence-electron chi connectivity index (χ4n) is 3.66. The van der Waals surface area contributed by atoms with Crippen molar-refractivity contribution in [1.82, 2.24) is 15.5 Å². The fraction of sp³-hybridized carbons (Fsp3) is 0.600. The predicted molar refractivity (Wildman–Crippen MR) is 98.2 cm³/mol. The summed E-state index contributed by atoms with van der Waals surface area (Å²) in [4.78, 5) is 26.5. The number of hydrogen-bond donors (Lipinski definition) is 2. The van der Waals surface area contributed by atoms with Crippen LogP contribution in [0, 0.1) is 11.8 Å². The second-order valence-corrected chi connectivity index (χ2v) is 7.49. The van der Waals surface area contributed by atoms with E-state index in [0.717, 1.165) is 38.0 Å². The Bertz CT molecular complexity index is 587. The molecular weight excluding hydrogens is 314 g/mol. The van der Waals surface area contributed by atoms with E-state index in [1.54, 1.807) is 0 Å². The molecule has 1 aliphatic carbocycles. The zero-order valence-electron chi connectivity index (χ0n) is 15.1. The molecule has 0 spiro atoms. The van der Waals surface area contributed by atoms with Crippen LogP contribution >= 0.6 is 0 Å². The maximum absolute atomic E-state index is 12.2. The van der Waals surface area contributed by atoms with Gasteiger partial charge < -0.3 is 15.5 Å². The molecule has 5 nitrogen and oxygen atoms in total. The first kappa shape index (κ1) is 17.9.